The van der Waals surface area contributed by atoms with E-state index >= 15 is 0 Å². The van der Waals surface area contributed by atoms with Gasteiger partial charge in [-0.15, -0.1) is 11.3 Å². The van der Waals surface area contributed by atoms with E-state index in [1.807, 2.05) is 11.3 Å². The summed E-state index contributed by atoms with van der Waals surface area (Å²) >= 11 is 1.92. The summed E-state index contributed by atoms with van der Waals surface area (Å²) in [6.07, 6.45) is 5.21. The highest BCUT2D eigenvalue weighted by Crippen LogP contribution is 2.30. The van der Waals surface area contributed by atoms with E-state index in [4.69, 9.17) is 4.98 Å². The zero-order chi connectivity index (χ0) is 15.3. The average Bonchev–Trinajstić information content (AvgIpc) is 3.04. The van der Waals surface area contributed by atoms with Crippen LogP contribution in [0.3, 0.4) is 0 Å². The fourth-order valence-corrected chi connectivity index (χ4v) is 4.10. The van der Waals surface area contributed by atoms with Crippen molar-refractivity contribution in [2.24, 2.45) is 0 Å². The summed E-state index contributed by atoms with van der Waals surface area (Å²) in [6.45, 7) is 14.7. The molecule has 1 aliphatic heterocycles. The Kier molecular flexibility index (Phi) is 6.20. The zero-order valence-electron chi connectivity index (χ0n) is 14.2. The van der Waals surface area contributed by atoms with E-state index in [0.717, 1.165) is 19.6 Å². The number of unbranched alkanes of at least 4 members (excludes halogenated alkanes) is 1. The molecular weight excluding hydrogens is 278 g/mol. The van der Waals surface area contributed by atoms with Gasteiger partial charge in [0.2, 0.25) is 0 Å². The third-order valence-electron chi connectivity index (χ3n) is 4.00. The Morgan fingerprint density at radius 3 is 2.57 bits per heavy atom. The number of nitrogens with zero attached hydrogens (tertiary/aromatic N) is 2. The molecule has 1 aromatic rings. The highest BCUT2D eigenvalue weighted by atomic mass is 32.1. The molecule has 0 bridgehead atoms. The molecule has 120 valence electrons. The van der Waals surface area contributed by atoms with E-state index in [0.29, 0.717) is 0 Å². The first kappa shape index (κ1) is 16.9. The van der Waals surface area contributed by atoms with Crippen LogP contribution < -0.4 is 5.32 Å². The first-order valence-electron chi connectivity index (χ1n) is 8.43. The van der Waals surface area contributed by atoms with Crippen molar-refractivity contribution in [1.29, 1.82) is 0 Å². The molecule has 0 radical (unpaired) electrons. The van der Waals surface area contributed by atoms with Crippen LogP contribution in [0.2, 0.25) is 0 Å². The summed E-state index contributed by atoms with van der Waals surface area (Å²) in [4.78, 5) is 8.96. The van der Waals surface area contributed by atoms with Crippen molar-refractivity contribution >= 4 is 11.3 Å². The van der Waals surface area contributed by atoms with Crippen LogP contribution in [-0.4, -0.2) is 29.5 Å². The van der Waals surface area contributed by atoms with Crippen molar-refractivity contribution < 1.29 is 0 Å². The van der Waals surface area contributed by atoms with E-state index in [-0.39, 0.29) is 5.41 Å². The molecule has 0 unspecified atom stereocenters. The fraction of sp³-hybridized carbons (Fsp3) is 0.824. The summed E-state index contributed by atoms with van der Waals surface area (Å²) in [5.41, 5.74) is 1.44. The summed E-state index contributed by atoms with van der Waals surface area (Å²) in [7, 11) is 0. The number of thiazole rings is 1. The summed E-state index contributed by atoms with van der Waals surface area (Å²) in [6, 6.07) is 0. The Bertz CT molecular complexity index is 428. The van der Waals surface area contributed by atoms with Gasteiger partial charge in [0.15, 0.2) is 0 Å². The average molecular weight is 310 g/mol. The maximum absolute atomic E-state index is 4.98. The van der Waals surface area contributed by atoms with E-state index in [2.05, 4.69) is 37.9 Å². The van der Waals surface area contributed by atoms with Crippen LogP contribution in [0.5, 0.6) is 0 Å². The smallest absolute Gasteiger partial charge is 0.107 e. The van der Waals surface area contributed by atoms with Gasteiger partial charge in [0.05, 0.1) is 12.2 Å². The number of hydrogen-bond acceptors (Lipinski definition) is 4. The number of aromatic nitrogens is 1. The Hall–Kier alpha value is -0.450. The van der Waals surface area contributed by atoms with Crippen LogP contribution in [0, 0.1) is 0 Å². The number of rotatable bonds is 7. The minimum atomic E-state index is 0.140. The maximum atomic E-state index is 4.98. The van der Waals surface area contributed by atoms with Crippen LogP contribution in [0.1, 0.15) is 69.0 Å². The standard InChI is InChI=1S/C17H31N3S/c1-5-6-9-18-12-14-16(17(2,3)4)19-15(21-14)13-20-10-7-8-11-20/h18H,5-13H2,1-4H3. The van der Waals surface area contributed by atoms with Gasteiger partial charge in [-0.05, 0) is 38.9 Å². The van der Waals surface area contributed by atoms with Crippen molar-refractivity contribution in [3.8, 4) is 0 Å². The summed E-state index contributed by atoms with van der Waals surface area (Å²) in [5, 5.41) is 4.88. The lowest BCUT2D eigenvalue weighted by atomic mass is 9.91. The van der Waals surface area contributed by atoms with Gasteiger partial charge < -0.3 is 5.32 Å². The molecule has 0 saturated carbocycles. The molecule has 4 heteroatoms. The summed E-state index contributed by atoms with van der Waals surface area (Å²) < 4.78 is 0. The minimum Gasteiger partial charge on any atom is -0.312 e. The quantitative estimate of drug-likeness (QED) is 0.774. The van der Waals surface area contributed by atoms with Crippen LogP contribution in [0.15, 0.2) is 0 Å². The minimum absolute atomic E-state index is 0.140. The van der Waals surface area contributed by atoms with Gasteiger partial charge in [0, 0.05) is 16.8 Å². The molecule has 21 heavy (non-hydrogen) atoms. The number of likely N-dealkylation sites (tertiary alicyclic amines) is 1. The van der Waals surface area contributed by atoms with Gasteiger partial charge in [-0.1, -0.05) is 34.1 Å². The van der Waals surface area contributed by atoms with Gasteiger partial charge in [-0.2, -0.15) is 0 Å². The Morgan fingerprint density at radius 1 is 1.24 bits per heavy atom. The third kappa shape index (κ3) is 5.04. The third-order valence-corrected chi connectivity index (χ3v) is 5.04. The van der Waals surface area contributed by atoms with E-state index < -0.39 is 0 Å². The summed E-state index contributed by atoms with van der Waals surface area (Å²) in [5.74, 6) is 0. The topological polar surface area (TPSA) is 28.2 Å². The monoisotopic (exact) mass is 309 g/mol. The number of hydrogen-bond donors (Lipinski definition) is 1. The molecule has 1 aliphatic rings. The zero-order valence-corrected chi connectivity index (χ0v) is 15.0. The highest BCUT2D eigenvalue weighted by Gasteiger charge is 2.24. The lowest BCUT2D eigenvalue weighted by Crippen LogP contribution is -2.20. The van der Waals surface area contributed by atoms with Crippen LogP contribution >= 0.6 is 11.3 Å². The van der Waals surface area contributed by atoms with Gasteiger partial charge in [-0.3, -0.25) is 4.90 Å². The molecular formula is C17H31N3S. The molecule has 0 aromatic carbocycles. The first-order chi connectivity index (χ1) is 10.0. The highest BCUT2D eigenvalue weighted by molar-refractivity contribution is 7.11. The van der Waals surface area contributed by atoms with E-state index in [1.54, 1.807) is 0 Å². The molecule has 1 saturated heterocycles. The maximum Gasteiger partial charge on any atom is 0.107 e. The van der Waals surface area contributed by atoms with Crippen molar-refractivity contribution in [2.45, 2.75) is 71.9 Å². The molecule has 2 heterocycles. The predicted molar refractivity (Wildman–Crippen MR) is 91.9 cm³/mol. The van der Waals surface area contributed by atoms with Crippen molar-refractivity contribution in [3.05, 3.63) is 15.6 Å². The van der Waals surface area contributed by atoms with Crippen molar-refractivity contribution in [3.63, 3.8) is 0 Å². The molecule has 0 aliphatic carbocycles. The fourth-order valence-electron chi connectivity index (χ4n) is 2.81. The van der Waals surface area contributed by atoms with E-state index in [9.17, 15) is 0 Å². The molecule has 0 spiro atoms. The molecule has 2 rings (SSSR count). The van der Waals surface area contributed by atoms with E-state index in [1.165, 1.54) is 54.4 Å². The van der Waals surface area contributed by atoms with Crippen LogP contribution in [-0.2, 0) is 18.5 Å². The molecule has 1 fully saturated rings. The second-order valence-corrected chi connectivity index (χ2v) is 8.31. The van der Waals surface area contributed by atoms with Gasteiger partial charge >= 0.3 is 0 Å². The van der Waals surface area contributed by atoms with Crippen LogP contribution in [0.4, 0.5) is 0 Å². The second-order valence-electron chi connectivity index (χ2n) is 7.14. The van der Waals surface area contributed by atoms with Crippen molar-refractivity contribution in [2.75, 3.05) is 19.6 Å². The van der Waals surface area contributed by atoms with Crippen LogP contribution in [0.25, 0.3) is 0 Å². The lowest BCUT2D eigenvalue weighted by molar-refractivity contribution is 0.330. The lowest BCUT2D eigenvalue weighted by Gasteiger charge is -2.18. The Labute approximate surface area is 134 Å². The van der Waals surface area contributed by atoms with Crippen molar-refractivity contribution in [1.82, 2.24) is 15.2 Å². The number of nitrogens with one attached hydrogen (secondary N) is 1. The molecule has 0 atom stereocenters. The van der Waals surface area contributed by atoms with Gasteiger partial charge in [0.1, 0.15) is 5.01 Å². The molecule has 0 amide bonds. The first-order valence-corrected chi connectivity index (χ1v) is 9.24. The molecule has 1 aromatic heterocycles. The Balaban J connectivity index is 2.03. The molecule has 3 nitrogen and oxygen atoms in total. The Morgan fingerprint density at radius 2 is 1.95 bits per heavy atom. The van der Waals surface area contributed by atoms with Gasteiger partial charge in [0.25, 0.3) is 0 Å². The normalized spacial score (nSPS) is 16.8. The predicted octanol–water partition coefficient (Wildman–Crippen LogP) is 3.93. The SMILES string of the molecule is CCCCNCc1sc(CN2CCCC2)nc1C(C)(C)C. The largest absolute Gasteiger partial charge is 0.312 e. The second kappa shape index (κ2) is 7.70. The molecule has 1 N–H and O–H groups in total. The van der Waals surface area contributed by atoms with Gasteiger partial charge in [-0.25, -0.2) is 4.98 Å².